The van der Waals surface area contributed by atoms with Crippen LogP contribution in [0, 0.1) is 0 Å². The lowest BCUT2D eigenvalue weighted by Gasteiger charge is -2.03. The smallest absolute Gasteiger partial charge is 0.180 e. The van der Waals surface area contributed by atoms with Crippen molar-refractivity contribution in [1.82, 2.24) is 0 Å². The highest BCUT2D eigenvalue weighted by atomic mass is 35.5. The Balaban J connectivity index is 2.32. The van der Waals surface area contributed by atoms with E-state index in [1.807, 2.05) is 0 Å². The lowest BCUT2D eigenvalue weighted by atomic mass is 10.1. The van der Waals surface area contributed by atoms with Crippen LogP contribution in [0.5, 0.6) is 0 Å². The highest BCUT2D eigenvalue weighted by Crippen LogP contribution is 2.20. The predicted molar refractivity (Wildman–Crippen MR) is 66.6 cm³/mol. The zero-order chi connectivity index (χ0) is 11.5. The number of hydrogen-bond donors (Lipinski definition) is 0. The minimum Gasteiger partial charge on any atom is -0.290 e. The minimum atomic E-state index is -0.125. The summed E-state index contributed by atoms with van der Waals surface area (Å²) >= 11 is 11.6. The topological polar surface area (TPSA) is 29.4 Å². The van der Waals surface area contributed by atoms with E-state index >= 15 is 0 Å². The van der Waals surface area contributed by atoms with Crippen LogP contribution >= 0.6 is 23.2 Å². The fourth-order valence-corrected chi connectivity index (χ4v) is 1.57. The molecule has 80 valence electrons. The van der Waals surface area contributed by atoms with E-state index in [9.17, 15) is 4.79 Å². The summed E-state index contributed by atoms with van der Waals surface area (Å²) in [6, 6.07) is 7.06. The fourth-order valence-electron chi connectivity index (χ4n) is 1.23. The molecule has 4 heteroatoms. The molecule has 1 aromatic carbocycles. The molecule has 0 heterocycles. The third-order valence-electron chi connectivity index (χ3n) is 2.00. The summed E-state index contributed by atoms with van der Waals surface area (Å²) in [6.45, 7) is 0. The predicted octanol–water partition coefficient (Wildman–Crippen LogP) is 3.67. The van der Waals surface area contributed by atoms with Gasteiger partial charge in [0.25, 0.3) is 0 Å². The van der Waals surface area contributed by atoms with Crippen LogP contribution < -0.4 is 0 Å². The molecule has 0 N–H and O–H groups in total. The summed E-state index contributed by atoms with van der Waals surface area (Å²) in [7, 11) is 0. The standard InChI is InChI=1S/C12H7Cl2NO/c13-8-1-3-9(4-2-8)15-12-6-5-10(16)7-11(12)14/h1-7H. The minimum absolute atomic E-state index is 0.125. The number of ketones is 1. The van der Waals surface area contributed by atoms with Gasteiger partial charge in [0.1, 0.15) is 0 Å². The van der Waals surface area contributed by atoms with Crippen LogP contribution in [0.15, 0.2) is 52.5 Å². The number of carbonyl (C=O) groups is 1. The molecule has 1 aliphatic rings. The zero-order valence-corrected chi connectivity index (χ0v) is 9.66. The summed E-state index contributed by atoms with van der Waals surface area (Å²) < 4.78 is 0. The summed E-state index contributed by atoms with van der Waals surface area (Å²) in [6.07, 6.45) is 4.37. The number of allylic oxidation sites excluding steroid dienone is 4. The van der Waals surface area contributed by atoms with Gasteiger partial charge in [0, 0.05) is 11.1 Å². The van der Waals surface area contributed by atoms with E-state index < -0.39 is 0 Å². The molecule has 2 nitrogen and oxygen atoms in total. The van der Waals surface area contributed by atoms with Crippen molar-refractivity contribution in [2.45, 2.75) is 0 Å². The molecule has 0 saturated carbocycles. The van der Waals surface area contributed by atoms with Gasteiger partial charge >= 0.3 is 0 Å². The van der Waals surface area contributed by atoms with Gasteiger partial charge in [-0.05, 0) is 36.4 Å². The Morgan fingerprint density at radius 1 is 1.00 bits per heavy atom. The molecule has 0 aliphatic heterocycles. The first-order valence-electron chi connectivity index (χ1n) is 4.59. The molecule has 2 rings (SSSR count). The molecule has 0 aromatic heterocycles. The van der Waals surface area contributed by atoms with E-state index in [-0.39, 0.29) is 5.78 Å². The second-order valence-electron chi connectivity index (χ2n) is 3.20. The van der Waals surface area contributed by atoms with Crippen molar-refractivity contribution in [1.29, 1.82) is 0 Å². The van der Waals surface area contributed by atoms with E-state index in [1.54, 1.807) is 30.3 Å². The number of carbonyl (C=O) groups excluding carboxylic acids is 1. The lowest BCUT2D eigenvalue weighted by Crippen LogP contribution is -2.03. The quantitative estimate of drug-likeness (QED) is 0.701. The van der Waals surface area contributed by atoms with Gasteiger partial charge in [-0.2, -0.15) is 0 Å². The molecule has 1 aliphatic carbocycles. The van der Waals surface area contributed by atoms with Crippen molar-refractivity contribution in [3.63, 3.8) is 0 Å². The summed E-state index contributed by atoms with van der Waals surface area (Å²) in [5.74, 6) is -0.125. The molecular weight excluding hydrogens is 245 g/mol. The molecule has 0 radical (unpaired) electrons. The van der Waals surface area contributed by atoms with Crippen molar-refractivity contribution < 1.29 is 4.79 Å². The average molecular weight is 252 g/mol. The summed E-state index contributed by atoms with van der Waals surface area (Å²) in [5, 5.41) is 1.00. The lowest BCUT2D eigenvalue weighted by molar-refractivity contribution is -0.110. The third kappa shape index (κ3) is 2.60. The highest BCUT2D eigenvalue weighted by molar-refractivity contribution is 6.48. The molecule has 0 amide bonds. The Bertz CT molecular complexity index is 512. The maximum Gasteiger partial charge on any atom is 0.180 e. The van der Waals surface area contributed by atoms with Gasteiger partial charge < -0.3 is 0 Å². The van der Waals surface area contributed by atoms with Crippen LogP contribution in [-0.4, -0.2) is 11.5 Å². The molecule has 0 spiro atoms. The third-order valence-corrected chi connectivity index (χ3v) is 2.55. The van der Waals surface area contributed by atoms with Crippen LogP contribution in [0.1, 0.15) is 0 Å². The Labute approximate surface area is 103 Å². The van der Waals surface area contributed by atoms with Crippen molar-refractivity contribution >= 4 is 40.4 Å². The molecule has 1 aromatic rings. The zero-order valence-electron chi connectivity index (χ0n) is 8.15. The van der Waals surface area contributed by atoms with Gasteiger partial charge in [0.2, 0.25) is 0 Å². The van der Waals surface area contributed by atoms with Crippen LogP contribution in [-0.2, 0) is 4.79 Å². The number of hydrogen-bond acceptors (Lipinski definition) is 2. The first-order chi connectivity index (χ1) is 7.65. The van der Waals surface area contributed by atoms with E-state index in [1.165, 1.54) is 12.2 Å². The Hall–Kier alpha value is -1.38. The summed E-state index contributed by atoms with van der Waals surface area (Å²) in [4.78, 5) is 15.3. The molecule has 0 atom stereocenters. The van der Waals surface area contributed by atoms with Gasteiger partial charge in [-0.1, -0.05) is 23.2 Å². The van der Waals surface area contributed by atoms with E-state index in [0.29, 0.717) is 15.8 Å². The van der Waals surface area contributed by atoms with Gasteiger partial charge in [-0.3, -0.25) is 4.79 Å². The highest BCUT2D eigenvalue weighted by Gasteiger charge is 2.08. The van der Waals surface area contributed by atoms with Crippen molar-refractivity contribution in [2.75, 3.05) is 0 Å². The largest absolute Gasteiger partial charge is 0.290 e. The normalized spacial score (nSPS) is 17.8. The fraction of sp³-hybridized carbons (Fsp3) is 0. The van der Waals surface area contributed by atoms with E-state index in [4.69, 9.17) is 23.2 Å². The number of nitrogens with zero attached hydrogens (tertiary/aromatic N) is 1. The van der Waals surface area contributed by atoms with Gasteiger partial charge in [-0.25, -0.2) is 4.99 Å². The number of benzene rings is 1. The van der Waals surface area contributed by atoms with Gasteiger partial charge in [0.05, 0.1) is 16.4 Å². The van der Waals surface area contributed by atoms with Crippen LogP contribution in [0.2, 0.25) is 5.02 Å². The van der Waals surface area contributed by atoms with Crippen molar-refractivity contribution in [3.8, 4) is 0 Å². The maximum absolute atomic E-state index is 11.0. The number of aliphatic imine (C=N–C) groups is 1. The average Bonchev–Trinajstić information content (AvgIpc) is 2.25. The SMILES string of the molecule is O=C1C=CC(=Nc2ccc(Cl)cc2)C(Cl)=C1. The molecule has 16 heavy (non-hydrogen) atoms. The molecular formula is C12H7Cl2NO. The van der Waals surface area contributed by atoms with Crippen molar-refractivity contribution in [2.24, 2.45) is 4.99 Å². The Kier molecular flexibility index (Phi) is 3.22. The van der Waals surface area contributed by atoms with Crippen LogP contribution in [0.4, 0.5) is 5.69 Å². The first-order valence-corrected chi connectivity index (χ1v) is 5.34. The second-order valence-corrected chi connectivity index (χ2v) is 4.05. The molecule has 0 unspecified atom stereocenters. The van der Waals surface area contributed by atoms with E-state index in [2.05, 4.69) is 4.99 Å². The van der Waals surface area contributed by atoms with Gasteiger partial charge in [-0.15, -0.1) is 0 Å². The van der Waals surface area contributed by atoms with Crippen LogP contribution in [0.3, 0.4) is 0 Å². The summed E-state index contributed by atoms with van der Waals surface area (Å²) in [5.41, 5.74) is 1.31. The Morgan fingerprint density at radius 2 is 1.69 bits per heavy atom. The number of halogens is 2. The monoisotopic (exact) mass is 251 g/mol. The van der Waals surface area contributed by atoms with E-state index in [0.717, 1.165) is 5.69 Å². The molecule has 0 saturated heterocycles. The second kappa shape index (κ2) is 4.64. The molecule has 0 fully saturated rings. The Morgan fingerprint density at radius 3 is 2.31 bits per heavy atom. The van der Waals surface area contributed by atoms with Gasteiger partial charge in [0.15, 0.2) is 5.78 Å². The number of rotatable bonds is 1. The first kappa shape index (κ1) is 11.1. The molecule has 0 bridgehead atoms. The van der Waals surface area contributed by atoms with Crippen LogP contribution in [0.25, 0.3) is 0 Å². The maximum atomic E-state index is 11.0. The van der Waals surface area contributed by atoms with Crippen molar-refractivity contribution in [3.05, 3.63) is 52.5 Å².